The van der Waals surface area contributed by atoms with Crippen molar-refractivity contribution in [2.24, 2.45) is 0 Å². The Labute approximate surface area is 199 Å². The highest BCUT2D eigenvalue weighted by molar-refractivity contribution is 5.87. The lowest BCUT2D eigenvalue weighted by Gasteiger charge is -2.30. The average Bonchev–Trinajstić information content (AvgIpc) is 3.41. The fraction of sp³-hybridized carbons (Fsp3) is 0.625. The van der Waals surface area contributed by atoms with Gasteiger partial charge < -0.3 is 29.2 Å². The molecule has 0 bridgehead atoms. The number of amides is 2. The lowest BCUT2D eigenvalue weighted by molar-refractivity contribution is -0.136. The van der Waals surface area contributed by atoms with Crippen molar-refractivity contribution in [1.82, 2.24) is 19.2 Å². The second-order valence-corrected chi connectivity index (χ2v) is 11.0. The molecule has 0 radical (unpaired) electrons. The maximum atomic E-state index is 12.7. The van der Waals surface area contributed by atoms with Gasteiger partial charge in [0.15, 0.2) is 5.65 Å². The summed E-state index contributed by atoms with van der Waals surface area (Å²) in [7, 11) is 1.66. The van der Waals surface area contributed by atoms with E-state index in [2.05, 4.69) is 0 Å². The van der Waals surface area contributed by atoms with Crippen molar-refractivity contribution in [1.29, 1.82) is 0 Å². The Morgan fingerprint density at radius 2 is 1.91 bits per heavy atom. The van der Waals surface area contributed by atoms with Crippen LogP contribution in [-0.4, -0.2) is 79.1 Å². The number of β-amino-alcohol motifs (C(OH)–C–C–N with tert-alkyl or cyclic N) is 1. The van der Waals surface area contributed by atoms with E-state index in [0.717, 1.165) is 18.4 Å². The smallest absolute Gasteiger partial charge is 0.410 e. The minimum absolute atomic E-state index is 0.0129. The highest BCUT2D eigenvalue weighted by atomic mass is 16.6. The highest BCUT2D eigenvalue weighted by Gasteiger charge is 2.40. The first-order valence-electron chi connectivity index (χ1n) is 11.6. The standard InChI is InChI=1S/C24H35N5O5/c1-23(2,3)34-22(32)26(6)11-17-12-27-10-16(15-7-8-15)9-18(20(27)25-17)28-13-19(30)29(21(28)31)14-24(4,5)33/h9-10,12,15,21,31,33H,7-8,11,13-14H2,1-6H3. The van der Waals surface area contributed by atoms with Crippen LogP contribution in [0.25, 0.3) is 5.65 Å². The summed E-state index contributed by atoms with van der Waals surface area (Å²) >= 11 is 0. The summed E-state index contributed by atoms with van der Waals surface area (Å²) in [5.74, 6) is 0.183. The molecule has 10 heteroatoms. The van der Waals surface area contributed by atoms with Gasteiger partial charge in [-0.05, 0) is 65.0 Å². The third-order valence-corrected chi connectivity index (χ3v) is 5.81. The predicted molar refractivity (Wildman–Crippen MR) is 126 cm³/mol. The van der Waals surface area contributed by atoms with Gasteiger partial charge in [0.25, 0.3) is 0 Å². The number of carbonyl (C=O) groups is 2. The minimum atomic E-state index is -1.21. The number of pyridine rings is 1. The number of carbonyl (C=O) groups excluding carboxylic acids is 2. The van der Waals surface area contributed by atoms with Crippen LogP contribution in [0.15, 0.2) is 18.5 Å². The van der Waals surface area contributed by atoms with E-state index in [9.17, 15) is 19.8 Å². The van der Waals surface area contributed by atoms with Gasteiger partial charge in [0.2, 0.25) is 12.3 Å². The summed E-state index contributed by atoms with van der Waals surface area (Å²) in [4.78, 5) is 34.2. The Kier molecular flexibility index (Phi) is 6.02. The van der Waals surface area contributed by atoms with Gasteiger partial charge in [-0.15, -0.1) is 0 Å². The zero-order valence-electron chi connectivity index (χ0n) is 20.8. The first kappa shape index (κ1) is 24.3. The Bertz CT molecular complexity index is 1100. The van der Waals surface area contributed by atoms with Gasteiger partial charge in [-0.2, -0.15) is 0 Å². The van der Waals surface area contributed by atoms with Gasteiger partial charge in [-0.1, -0.05) is 0 Å². The van der Waals surface area contributed by atoms with E-state index in [1.165, 1.54) is 9.80 Å². The number of imidazole rings is 1. The van der Waals surface area contributed by atoms with Crippen molar-refractivity contribution < 1.29 is 24.5 Å². The molecular formula is C24H35N5O5. The van der Waals surface area contributed by atoms with Crippen LogP contribution >= 0.6 is 0 Å². The molecule has 2 aliphatic rings. The third kappa shape index (κ3) is 5.28. The maximum Gasteiger partial charge on any atom is 0.410 e. The minimum Gasteiger partial charge on any atom is -0.444 e. The number of nitrogens with zero attached hydrogens (tertiary/aromatic N) is 5. The first-order chi connectivity index (χ1) is 15.7. The van der Waals surface area contributed by atoms with Gasteiger partial charge in [-0.3, -0.25) is 9.69 Å². The lowest BCUT2D eigenvalue weighted by atomic mass is 10.1. The van der Waals surface area contributed by atoms with Crippen molar-refractivity contribution in [2.75, 3.05) is 25.0 Å². The number of aliphatic hydroxyl groups is 2. The van der Waals surface area contributed by atoms with E-state index in [1.807, 2.05) is 43.6 Å². The fourth-order valence-electron chi connectivity index (χ4n) is 4.14. The SMILES string of the molecule is CN(Cc1cn2cc(C3CC3)cc(N3CC(=O)N(CC(C)(C)O)C3O)c2n1)C(=O)OC(C)(C)C. The quantitative estimate of drug-likeness (QED) is 0.662. The molecule has 1 saturated heterocycles. The number of ether oxygens (including phenoxy) is 1. The van der Waals surface area contributed by atoms with E-state index in [-0.39, 0.29) is 25.5 Å². The molecule has 1 saturated carbocycles. The normalized spacial score (nSPS) is 19.3. The highest BCUT2D eigenvalue weighted by Crippen LogP contribution is 2.42. The number of aliphatic hydroxyl groups excluding tert-OH is 1. The molecule has 2 fully saturated rings. The van der Waals surface area contributed by atoms with E-state index in [0.29, 0.717) is 22.9 Å². The van der Waals surface area contributed by atoms with Gasteiger partial charge >= 0.3 is 6.09 Å². The summed E-state index contributed by atoms with van der Waals surface area (Å²) in [6.45, 7) is 8.91. The molecule has 0 aromatic carbocycles. The number of hydrogen-bond acceptors (Lipinski definition) is 7. The summed E-state index contributed by atoms with van der Waals surface area (Å²) < 4.78 is 7.33. The zero-order chi connectivity index (χ0) is 25.0. The molecule has 34 heavy (non-hydrogen) atoms. The van der Waals surface area contributed by atoms with Crippen LogP contribution in [0.5, 0.6) is 0 Å². The molecule has 1 atom stereocenters. The molecule has 2 N–H and O–H groups in total. The summed E-state index contributed by atoms with van der Waals surface area (Å²) in [6, 6.07) is 1.99. The van der Waals surface area contributed by atoms with Crippen LogP contribution in [-0.2, 0) is 16.1 Å². The molecule has 4 rings (SSSR count). The Morgan fingerprint density at radius 1 is 1.24 bits per heavy atom. The molecule has 3 heterocycles. The van der Waals surface area contributed by atoms with Crippen LogP contribution < -0.4 is 4.90 Å². The summed E-state index contributed by atoms with van der Waals surface area (Å²) in [5, 5.41) is 21.2. The molecular weight excluding hydrogens is 438 g/mol. The molecule has 1 aliphatic carbocycles. The summed E-state index contributed by atoms with van der Waals surface area (Å²) in [5.41, 5.74) is 1.29. The van der Waals surface area contributed by atoms with Crippen molar-refractivity contribution in [3.8, 4) is 0 Å². The van der Waals surface area contributed by atoms with Gasteiger partial charge in [-0.25, -0.2) is 9.78 Å². The summed E-state index contributed by atoms with van der Waals surface area (Å²) in [6.07, 6.45) is 4.44. The van der Waals surface area contributed by atoms with Gasteiger partial charge in [0.1, 0.15) is 12.1 Å². The molecule has 10 nitrogen and oxygen atoms in total. The third-order valence-electron chi connectivity index (χ3n) is 5.81. The number of fused-ring (bicyclic) bond motifs is 1. The van der Waals surface area contributed by atoms with Crippen LogP contribution in [0.2, 0.25) is 0 Å². The van der Waals surface area contributed by atoms with Crippen LogP contribution in [0.1, 0.15) is 64.6 Å². The van der Waals surface area contributed by atoms with Crippen molar-refractivity contribution in [2.45, 2.75) is 77.5 Å². The molecule has 2 amide bonds. The van der Waals surface area contributed by atoms with Crippen LogP contribution in [0.4, 0.5) is 10.5 Å². The topological polar surface area (TPSA) is 111 Å². The molecule has 2 aromatic heterocycles. The number of rotatable bonds is 6. The van der Waals surface area contributed by atoms with Gasteiger partial charge in [0.05, 0.1) is 30.1 Å². The Hall–Kier alpha value is -2.85. The van der Waals surface area contributed by atoms with E-state index >= 15 is 0 Å². The number of hydrogen-bond donors (Lipinski definition) is 2. The number of anilines is 1. The van der Waals surface area contributed by atoms with E-state index in [4.69, 9.17) is 9.72 Å². The van der Waals surface area contributed by atoms with Crippen LogP contribution in [0, 0.1) is 0 Å². The largest absolute Gasteiger partial charge is 0.444 e. The van der Waals surface area contributed by atoms with Crippen LogP contribution in [0.3, 0.4) is 0 Å². The molecule has 1 aliphatic heterocycles. The molecule has 1 unspecified atom stereocenters. The fourth-order valence-corrected chi connectivity index (χ4v) is 4.14. The monoisotopic (exact) mass is 473 g/mol. The van der Waals surface area contributed by atoms with Crippen molar-refractivity contribution in [3.05, 3.63) is 29.7 Å². The molecule has 2 aromatic rings. The number of aromatic nitrogens is 2. The molecule has 0 spiro atoms. The second kappa shape index (κ2) is 8.42. The lowest BCUT2D eigenvalue weighted by Crippen LogP contribution is -2.46. The van der Waals surface area contributed by atoms with Crippen molar-refractivity contribution in [3.63, 3.8) is 0 Å². The van der Waals surface area contributed by atoms with E-state index < -0.39 is 23.6 Å². The first-order valence-corrected chi connectivity index (χ1v) is 11.6. The van der Waals surface area contributed by atoms with Crippen molar-refractivity contribution >= 4 is 23.3 Å². The zero-order valence-corrected chi connectivity index (χ0v) is 20.8. The average molecular weight is 474 g/mol. The maximum absolute atomic E-state index is 12.7. The van der Waals surface area contributed by atoms with Gasteiger partial charge in [0, 0.05) is 19.4 Å². The second-order valence-electron chi connectivity index (χ2n) is 11.0. The Balaban J connectivity index is 1.65. The predicted octanol–water partition coefficient (Wildman–Crippen LogP) is 2.27. The van der Waals surface area contributed by atoms with E-state index in [1.54, 1.807) is 25.8 Å². The Morgan fingerprint density at radius 3 is 2.50 bits per heavy atom. The molecule has 186 valence electrons.